The van der Waals surface area contributed by atoms with E-state index in [1.165, 1.54) is 30.6 Å². The van der Waals surface area contributed by atoms with Gasteiger partial charge >= 0.3 is 0 Å². The van der Waals surface area contributed by atoms with Crippen LogP contribution in [0.3, 0.4) is 0 Å². The van der Waals surface area contributed by atoms with Crippen molar-refractivity contribution in [3.05, 3.63) is 21.9 Å². The van der Waals surface area contributed by atoms with E-state index in [0.29, 0.717) is 12.0 Å². The molecule has 0 radical (unpaired) electrons. The Kier molecular flexibility index (Phi) is 5.22. The lowest BCUT2D eigenvalue weighted by atomic mass is 9.85. The lowest BCUT2D eigenvalue weighted by molar-refractivity contribution is 0.0634. The molecule has 1 saturated carbocycles. The molecule has 108 valence electrons. The van der Waals surface area contributed by atoms with Gasteiger partial charge in [0.2, 0.25) is 0 Å². The summed E-state index contributed by atoms with van der Waals surface area (Å²) in [7, 11) is 1.91. The highest BCUT2D eigenvalue weighted by Crippen LogP contribution is 2.29. The lowest BCUT2D eigenvalue weighted by Crippen LogP contribution is -2.42. The zero-order chi connectivity index (χ0) is 14.5. The Balaban J connectivity index is 2.08. The number of amides is 1. The molecule has 1 N–H and O–H groups in total. The summed E-state index contributed by atoms with van der Waals surface area (Å²) in [6, 6.07) is 4.03. The summed E-state index contributed by atoms with van der Waals surface area (Å²) in [4.78, 5) is 16.0. The first kappa shape index (κ1) is 15.1. The summed E-state index contributed by atoms with van der Waals surface area (Å²) in [5, 5.41) is 8.69. The van der Waals surface area contributed by atoms with Crippen LogP contribution in [-0.4, -0.2) is 35.6 Å². The molecule has 1 aromatic rings. The number of hydrogen-bond donors (Lipinski definition) is 1. The number of thiophene rings is 1. The van der Waals surface area contributed by atoms with E-state index >= 15 is 0 Å². The van der Waals surface area contributed by atoms with Crippen LogP contribution < -0.4 is 0 Å². The van der Waals surface area contributed by atoms with E-state index in [-0.39, 0.29) is 12.5 Å². The van der Waals surface area contributed by atoms with Crippen molar-refractivity contribution in [2.45, 2.75) is 38.6 Å². The number of hydrogen-bond acceptors (Lipinski definition) is 3. The molecule has 0 bridgehead atoms. The maximum atomic E-state index is 12.5. The normalized spacial score (nSPS) is 21.9. The van der Waals surface area contributed by atoms with Gasteiger partial charge in [0, 0.05) is 13.1 Å². The van der Waals surface area contributed by atoms with Crippen LogP contribution >= 0.6 is 11.3 Å². The summed E-state index contributed by atoms with van der Waals surface area (Å²) >= 11 is 1.40. The van der Waals surface area contributed by atoms with Gasteiger partial charge in [0.15, 0.2) is 0 Å². The zero-order valence-electron chi connectivity index (χ0n) is 12.1. The fourth-order valence-electron chi connectivity index (χ4n) is 2.84. The molecule has 2 rings (SSSR count). The first-order valence-corrected chi connectivity index (χ1v) is 7.92. The molecular formula is C16H21NO2S. The molecule has 1 aliphatic rings. The summed E-state index contributed by atoms with van der Waals surface area (Å²) in [6.07, 6.45) is 4.80. The van der Waals surface area contributed by atoms with E-state index in [1.54, 1.807) is 0 Å². The molecule has 20 heavy (non-hydrogen) atoms. The molecule has 3 nitrogen and oxygen atoms in total. The van der Waals surface area contributed by atoms with E-state index in [4.69, 9.17) is 5.11 Å². The molecule has 1 amide bonds. The molecule has 4 heteroatoms. The van der Waals surface area contributed by atoms with E-state index in [9.17, 15) is 4.79 Å². The fraction of sp³-hybridized carbons (Fsp3) is 0.562. The number of carbonyl (C=O) groups excluding carboxylic acids is 1. The molecule has 1 heterocycles. The maximum absolute atomic E-state index is 12.5. The van der Waals surface area contributed by atoms with Crippen LogP contribution in [0.1, 0.15) is 47.2 Å². The van der Waals surface area contributed by atoms with Crippen LogP contribution in [0.2, 0.25) is 0 Å². The minimum absolute atomic E-state index is 0.0887. The Hall–Kier alpha value is -1.31. The van der Waals surface area contributed by atoms with Gasteiger partial charge in [-0.3, -0.25) is 4.79 Å². The summed E-state index contributed by atoms with van der Waals surface area (Å²) < 4.78 is 0. The van der Waals surface area contributed by atoms with Crippen molar-refractivity contribution in [3.8, 4) is 11.8 Å². The summed E-state index contributed by atoms with van der Waals surface area (Å²) in [5.41, 5.74) is 0. The number of rotatable bonds is 2. The van der Waals surface area contributed by atoms with Crippen LogP contribution in [0, 0.1) is 17.8 Å². The van der Waals surface area contributed by atoms with Crippen LogP contribution in [0.4, 0.5) is 0 Å². The Morgan fingerprint density at radius 1 is 1.45 bits per heavy atom. The molecule has 0 spiro atoms. The predicted octanol–water partition coefficient (Wildman–Crippen LogP) is 2.74. The largest absolute Gasteiger partial charge is 0.384 e. The Bertz CT molecular complexity index is 526. The lowest BCUT2D eigenvalue weighted by Gasteiger charge is -2.36. The van der Waals surface area contributed by atoms with Gasteiger partial charge in [0.05, 0.1) is 9.75 Å². The van der Waals surface area contributed by atoms with Crippen molar-refractivity contribution in [1.82, 2.24) is 4.90 Å². The number of carbonyl (C=O) groups is 1. The van der Waals surface area contributed by atoms with E-state index in [2.05, 4.69) is 18.8 Å². The van der Waals surface area contributed by atoms with Crippen molar-refractivity contribution >= 4 is 17.2 Å². The first-order valence-electron chi connectivity index (χ1n) is 7.10. The van der Waals surface area contributed by atoms with Gasteiger partial charge < -0.3 is 10.0 Å². The quantitative estimate of drug-likeness (QED) is 0.851. The smallest absolute Gasteiger partial charge is 0.263 e. The average Bonchev–Trinajstić information content (AvgIpc) is 2.93. The zero-order valence-corrected chi connectivity index (χ0v) is 12.9. The minimum Gasteiger partial charge on any atom is -0.384 e. The molecule has 2 unspecified atom stereocenters. The fourth-order valence-corrected chi connectivity index (χ4v) is 3.71. The number of nitrogens with zero attached hydrogens (tertiary/aromatic N) is 1. The SMILES string of the molecule is CC1CCCCC1N(C)C(=O)c1ccc(C#CCO)s1. The Morgan fingerprint density at radius 3 is 2.90 bits per heavy atom. The molecule has 1 aromatic heterocycles. The number of aliphatic hydroxyl groups is 1. The molecule has 1 aliphatic carbocycles. The van der Waals surface area contributed by atoms with Crippen molar-refractivity contribution in [1.29, 1.82) is 0 Å². The monoisotopic (exact) mass is 291 g/mol. The highest BCUT2D eigenvalue weighted by molar-refractivity contribution is 7.14. The van der Waals surface area contributed by atoms with Gasteiger partial charge in [0.1, 0.15) is 6.61 Å². The number of aliphatic hydroxyl groups excluding tert-OH is 1. The van der Waals surface area contributed by atoms with Gasteiger partial charge in [-0.15, -0.1) is 11.3 Å². The molecule has 2 atom stereocenters. The highest BCUT2D eigenvalue weighted by Gasteiger charge is 2.28. The van der Waals surface area contributed by atoms with Gasteiger partial charge in [-0.25, -0.2) is 0 Å². The van der Waals surface area contributed by atoms with E-state index in [0.717, 1.165) is 16.2 Å². The van der Waals surface area contributed by atoms with Gasteiger partial charge in [-0.1, -0.05) is 31.6 Å². The van der Waals surface area contributed by atoms with Gasteiger partial charge in [-0.05, 0) is 30.9 Å². The summed E-state index contributed by atoms with van der Waals surface area (Å²) in [5.74, 6) is 6.12. The maximum Gasteiger partial charge on any atom is 0.263 e. The molecule has 0 saturated heterocycles. The summed E-state index contributed by atoms with van der Waals surface area (Å²) in [6.45, 7) is 2.08. The topological polar surface area (TPSA) is 40.5 Å². The van der Waals surface area contributed by atoms with Gasteiger partial charge in [-0.2, -0.15) is 0 Å². The van der Waals surface area contributed by atoms with Crippen molar-refractivity contribution < 1.29 is 9.90 Å². The van der Waals surface area contributed by atoms with E-state index in [1.807, 2.05) is 24.1 Å². The molecular weight excluding hydrogens is 270 g/mol. The Labute approximate surface area is 124 Å². The first-order chi connectivity index (χ1) is 9.63. The van der Waals surface area contributed by atoms with Gasteiger partial charge in [0.25, 0.3) is 5.91 Å². The minimum atomic E-state index is -0.152. The predicted molar refractivity (Wildman–Crippen MR) is 81.8 cm³/mol. The second-order valence-electron chi connectivity index (χ2n) is 5.37. The third kappa shape index (κ3) is 3.41. The molecule has 0 aliphatic heterocycles. The van der Waals surface area contributed by atoms with Crippen LogP contribution in [0.15, 0.2) is 12.1 Å². The van der Waals surface area contributed by atoms with Crippen LogP contribution in [-0.2, 0) is 0 Å². The standard InChI is InChI=1S/C16H21NO2S/c1-12-6-3-4-8-14(12)17(2)16(19)15-10-9-13(20-15)7-5-11-18/h9-10,12,14,18H,3-4,6,8,11H2,1-2H3. The Morgan fingerprint density at radius 2 is 2.20 bits per heavy atom. The third-order valence-corrected chi connectivity index (χ3v) is 4.98. The average molecular weight is 291 g/mol. The van der Waals surface area contributed by atoms with Crippen molar-refractivity contribution in [2.75, 3.05) is 13.7 Å². The third-order valence-electron chi connectivity index (χ3n) is 3.99. The highest BCUT2D eigenvalue weighted by atomic mass is 32.1. The van der Waals surface area contributed by atoms with Crippen LogP contribution in [0.25, 0.3) is 0 Å². The van der Waals surface area contributed by atoms with Crippen molar-refractivity contribution in [3.63, 3.8) is 0 Å². The second-order valence-corrected chi connectivity index (χ2v) is 6.45. The van der Waals surface area contributed by atoms with Crippen LogP contribution in [0.5, 0.6) is 0 Å². The van der Waals surface area contributed by atoms with E-state index < -0.39 is 0 Å². The molecule has 1 fully saturated rings. The van der Waals surface area contributed by atoms with Crippen molar-refractivity contribution in [2.24, 2.45) is 5.92 Å². The second kappa shape index (κ2) is 6.92. The molecule has 0 aromatic carbocycles.